The number of benzene rings is 1. The zero-order valence-corrected chi connectivity index (χ0v) is 20.1. The van der Waals surface area contributed by atoms with Gasteiger partial charge < -0.3 is 14.7 Å². The Morgan fingerprint density at radius 1 is 1.20 bits per heavy atom. The number of nitrogens with zero attached hydrogens (tertiary/aromatic N) is 3. The molecule has 1 aliphatic carbocycles. The Labute approximate surface area is 204 Å². The third-order valence-electron chi connectivity index (χ3n) is 7.13. The number of carbonyl (C=O) groups is 2. The minimum absolute atomic E-state index is 0.141. The number of anilines is 1. The molecule has 35 heavy (non-hydrogen) atoms. The van der Waals surface area contributed by atoms with Gasteiger partial charge in [-0.3, -0.25) is 14.4 Å². The van der Waals surface area contributed by atoms with E-state index in [0.717, 1.165) is 28.6 Å². The van der Waals surface area contributed by atoms with Crippen molar-refractivity contribution in [2.24, 2.45) is 5.92 Å². The summed E-state index contributed by atoms with van der Waals surface area (Å²) in [5.74, 6) is -0.485. The van der Waals surface area contributed by atoms with Crippen LogP contribution in [-0.4, -0.2) is 38.4 Å². The highest BCUT2D eigenvalue weighted by molar-refractivity contribution is 7.18. The van der Waals surface area contributed by atoms with Gasteiger partial charge in [-0.05, 0) is 55.4 Å². The Kier molecular flexibility index (Phi) is 5.40. The maximum absolute atomic E-state index is 13.3. The van der Waals surface area contributed by atoms with Crippen LogP contribution in [0.5, 0.6) is 0 Å². The van der Waals surface area contributed by atoms with Crippen molar-refractivity contribution < 1.29 is 14.1 Å². The summed E-state index contributed by atoms with van der Waals surface area (Å²) in [6.07, 6.45) is 6.81. The van der Waals surface area contributed by atoms with Crippen LogP contribution < -0.4 is 10.9 Å². The summed E-state index contributed by atoms with van der Waals surface area (Å²) < 4.78 is 6.10. The van der Waals surface area contributed by atoms with E-state index in [9.17, 15) is 14.4 Å². The van der Waals surface area contributed by atoms with Gasteiger partial charge in [0.15, 0.2) is 0 Å². The van der Waals surface area contributed by atoms with Gasteiger partial charge in [0.05, 0.1) is 33.2 Å². The first-order valence-electron chi connectivity index (χ1n) is 12.0. The zero-order chi connectivity index (χ0) is 24.1. The normalized spacial score (nSPS) is 20.8. The number of H-pyrrole nitrogens is 1. The largest absolute Gasteiger partial charge is 0.358 e. The molecular weight excluding hydrogens is 466 g/mol. The van der Waals surface area contributed by atoms with Crippen LogP contribution in [-0.2, 0) is 9.59 Å². The van der Waals surface area contributed by atoms with E-state index < -0.39 is 17.4 Å². The van der Waals surface area contributed by atoms with Crippen molar-refractivity contribution in [3.05, 3.63) is 51.4 Å². The summed E-state index contributed by atoms with van der Waals surface area (Å²) in [6, 6.07) is 7.49. The van der Waals surface area contributed by atoms with Gasteiger partial charge in [0.2, 0.25) is 0 Å². The number of fused-ring (bicyclic) bond motifs is 2. The lowest BCUT2D eigenvalue weighted by molar-refractivity contribution is -0.146. The van der Waals surface area contributed by atoms with Crippen LogP contribution in [0, 0.1) is 5.92 Å². The Morgan fingerprint density at radius 2 is 2.06 bits per heavy atom. The Bertz CT molecular complexity index is 1500. The second-order valence-electron chi connectivity index (χ2n) is 9.63. The monoisotopic (exact) mass is 491 g/mol. The average molecular weight is 492 g/mol. The van der Waals surface area contributed by atoms with Crippen molar-refractivity contribution >= 4 is 50.2 Å². The predicted octanol–water partition coefficient (Wildman–Crippen LogP) is 4.33. The molecule has 1 saturated heterocycles. The first-order chi connectivity index (χ1) is 17.0. The molecule has 0 bridgehead atoms. The third kappa shape index (κ3) is 4.01. The van der Waals surface area contributed by atoms with Gasteiger partial charge in [0, 0.05) is 12.5 Å². The van der Waals surface area contributed by atoms with E-state index in [1.807, 2.05) is 0 Å². The lowest BCUT2D eigenvalue weighted by Crippen LogP contribution is -2.46. The second kappa shape index (κ2) is 8.60. The van der Waals surface area contributed by atoms with Crippen molar-refractivity contribution in [1.29, 1.82) is 0 Å². The van der Waals surface area contributed by atoms with Gasteiger partial charge in [0.1, 0.15) is 5.39 Å². The lowest BCUT2D eigenvalue weighted by Gasteiger charge is -2.38. The SMILES string of the molecule is CC1CC[C@H](c2ccc3sc(C4CCC4)nc3c2)N(C(=O)C(=O)Nc2cnc3o[nH]c(=O)c3c2)C1. The first kappa shape index (κ1) is 22.0. The summed E-state index contributed by atoms with van der Waals surface area (Å²) in [4.78, 5) is 48.6. The Morgan fingerprint density at radius 3 is 2.86 bits per heavy atom. The maximum atomic E-state index is 13.3. The Balaban J connectivity index is 1.25. The lowest BCUT2D eigenvalue weighted by atomic mass is 9.86. The molecule has 1 unspecified atom stereocenters. The maximum Gasteiger partial charge on any atom is 0.313 e. The number of nitrogens with one attached hydrogen (secondary N) is 2. The number of rotatable bonds is 3. The molecule has 2 aliphatic rings. The standard InChI is InChI=1S/C25H25N5O4S/c1-13-5-7-19(15-6-8-20-18(9-15)28-24(35-20)14-3-2-4-14)30(12-13)25(33)22(32)27-16-10-17-21(31)29-34-23(17)26-11-16/h6,8-11,13-14,19H,2-5,7,12H2,1H3,(H,27,32)(H,29,31)/t13?,19-/m1/s1. The summed E-state index contributed by atoms with van der Waals surface area (Å²) in [5.41, 5.74) is 1.93. The number of amides is 2. The number of hydrogen-bond acceptors (Lipinski definition) is 7. The third-order valence-corrected chi connectivity index (χ3v) is 8.33. The van der Waals surface area contributed by atoms with Crippen LogP contribution in [0.1, 0.15) is 61.6 Å². The summed E-state index contributed by atoms with van der Waals surface area (Å²) in [6.45, 7) is 2.59. The van der Waals surface area contributed by atoms with Crippen molar-refractivity contribution in [1.82, 2.24) is 20.0 Å². The minimum Gasteiger partial charge on any atom is -0.358 e. The van der Waals surface area contributed by atoms with E-state index in [1.165, 1.54) is 36.5 Å². The van der Waals surface area contributed by atoms with Gasteiger partial charge >= 0.3 is 11.8 Å². The number of piperidine rings is 1. The molecule has 1 aliphatic heterocycles. The van der Waals surface area contributed by atoms with E-state index in [0.29, 0.717) is 18.4 Å². The van der Waals surface area contributed by atoms with Crippen LogP contribution in [0.3, 0.4) is 0 Å². The molecule has 0 radical (unpaired) electrons. The van der Waals surface area contributed by atoms with E-state index >= 15 is 0 Å². The highest BCUT2D eigenvalue weighted by Gasteiger charge is 2.34. The topological polar surface area (TPSA) is 121 Å². The fourth-order valence-electron chi connectivity index (χ4n) is 4.95. The zero-order valence-electron chi connectivity index (χ0n) is 19.2. The van der Waals surface area contributed by atoms with Crippen LogP contribution in [0.15, 0.2) is 39.8 Å². The number of aromatic amines is 1. The molecule has 2 N–H and O–H groups in total. The van der Waals surface area contributed by atoms with Crippen molar-refractivity contribution in [2.75, 3.05) is 11.9 Å². The minimum atomic E-state index is -0.757. The number of thiazole rings is 1. The number of carbonyl (C=O) groups excluding carboxylic acids is 2. The van der Waals surface area contributed by atoms with E-state index in [4.69, 9.17) is 9.51 Å². The quantitative estimate of drug-likeness (QED) is 0.412. The van der Waals surface area contributed by atoms with Gasteiger partial charge in [-0.25, -0.2) is 9.97 Å². The molecule has 3 aromatic heterocycles. The fraction of sp³-hybridized carbons (Fsp3) is 0.400. The van der Waals surface area contributed by atoms with Crippen molar-refractivity contribution in [3.63, 3.8) is 0 Å². The van der Waals surface area contributed by atoms with Gasteiger partial charge in [-0.1, -0.05) is 19.4 Å². The molecule has 4 heterocycles. The van der Waals surface area contributed by atoms with Gasteiger partial charge in [0.25, 0.3) is 11.3 Å². The average Bonchev–Trinajstić information content (AvgIpc) is 3.40. The van der Waals surface area contributed by atoms with E-state index in [2.05, 4.69) is 40.6 Å². The first-order valence-corrected chi connectivity index (χ1v) is 12.8. The van der Waals surface area contributed by atoms with E-state index in [-0.39, 0.29) is 22.8 Å². The smallest absolute Gasteiger partial charge is 0.313 e. The molecular formula is C25H25N5O4S. The molecule has 0 spiro atoms. The molecule has 2 atom stereocenters. The van der Waals surface area contributed by atoms with Crippen molar-refractivity contribution in [3.8, 4) is 0 Å². The molecule has 1 aromatic carbocycles. The van der Waals surface area contributed by atoms with Gasteiger partial charge in [-0.2, -0.15) is 5.16 Å². The highest BCUT2D eigenvalue weighted by Crippen LogP contribution is 2.41. The molecule has 2 amide bonds. The number of hydrogen-bond donors (Lipinski definition) is 2. The van der Waals surface area contributed by atoms with Crippen LogP contribution >= 0.6 is 11.3 Å². The molecule has 1 saturated carbocycles. The summed E-state index contributed by atoms with van der Waals surface area (Å²) in [5, 5.41) is 6.21. The van der Waals surface area contributed by atoms with Crippen LogP contribution in [0.4, 0.5) is 5.69 Å². The number of likely N-dealkylation sites (tertiary alicyclic amines) is 1. The number of pyridine rings is 1. The molecule has 10 heteroatoms. The molecule has 4 aromatic rings. The molecule has 6 rings (SSSR count). The predicted molar refractivity (Wildman–Crippen MR) is 132 cm³/mol. The van der Waals surface area contributed by atoms with E-state index in [1.54, 1.807) is 16.2 Å². The van der Waals surface area contributed by atoms with Crippen LogP contribution in [0.2, 0.25) is 0 Å². The fourth-order valence-corrected chi connectivity index (χ4v) is 6.07. The summed E-state index contributed by atoms with van der Waals surface area (Å²) in [7, 11) is 0. The summed E-state index contributed by atoms with van der Waals surface area (Å²) >= 11 is 1.76. The van der Waals surface area contributed by atoms with Crippen molar-refractivity contribution in [2.45, 2.75) is 51.0 Å². The van der Waals surface area contributed by atoms with Gasteiger partial charge in [-0.15, -0.1) is 11.3 Å². The molecule has 2 fully saturated rings. The van der Waals surface area contributed by atoms with Crippen LogP contribution in [0.25, 0.3) is 21.3 Å². The highest BCUT2D eigenvalue weighted by atomic mass is 32.1. The second-order valence-corrected chi connectivity index (χ2v) is 10.7. The Hall–Kier alpha value is -3.53. The molecule has 180 valence electrons. The molecule has 9 nitrogen and oxygen atoms in total. The number of aromatic nitrogens is 3.